The maximum Gasteiger partial charge on any atom is 0.326 e. The van der Waals surface area contributed by atoms with Gasteiger partial charge in [0.05, 0.1) is 13.5 Å². The highest BCUT2D eigenvalue weighted by Gasteiger charge is 2.41. The minimum absolute atomic E-state index is 0.140. The molecule has 0 unspecified atom stereocenters. The van der Waals surface area contributed by atoms with Crippen LogP contribution in [0.5, 0.6) is 5.75 Å². The fourth-order valence-corrected chi connectivity index (χ4v) is 2.41. The van der Waals surface area contributed by atoms with Gasteiger partial charge in [-0.05, 0) is 12.1 Å². The van der Waals surface area contributed by atoms with Gasteiger partial charge in [0.1, 0.15) is 11.9 Å². The van der Waals surface area contributed by atoms with Gasteiger partial charge in [0.2, 0.25) is 5.91 Å². The van der Waals surface area contributed by atoms with Gasteiger partial charge >= 0.3 is 6.03 Å². The van der Waals surface area contributed by atoms with Crippen molar-refractivity contribution in [1.29, 1.82) is 0 Å². The van der Waals surface area contributed by atoms with Crippen molar-refractivity contribution in [2.24, 2.45) is 0 Å². The number of benzene rings is 1. The molecule has 0 bridgehead atoms. The van der Waals surface area contributed by atoms with Crippen LogP contribution in [0.2, 0.25) is 0 Å². The average molecular weight is 341 g/mol. The van der Waals surface area contributed by atoms with Crippen molar-refractivity contribution in [3.05, 3.63) is 29.3 Å². The Labute approximate surface area is 137 Å². The van der Waals surface area contributed by atoms with Gasteiger partial charge in [0.25, 0.3) is 5.91 Å². The second kappa shape index (κ2) is 6.81. The number of imide groups is 1. The third-order valence-corrected chi connectivity index (χ3v) is 3.88. The predicted octanol–water partition coefficient (Wildman–Crippen LogP) is 0.872. The number of carbonyl (C=O) groups excluding carboxylic acids is 3. The summed E-state index contributed by atoms with van der Waals surface area (Å²) in [6.45, 7) is -0.401. The zero-order valence-electron chi connectivity index (χ0n) is 13.4. The van der Waals surface area contributed by atoms with Crippen molar-refractivity contribution in [2.45, 2.75) is 19.0 Å². The van der Waals surface area contributed by atoms with Crippen LogP contribution in [0.1, 0.15) is 12.0 Å². The van der Waals surface area contributed by atoms with E-state index >= 15 is 0 Å². The van der Waals surface area contributed by atoms with Crippen molar-refractivity contribution in [1.82, 2.24) is 15.1 Å². The number of ether oxygens (including phenoxy) is 1. The zero-order valence-corrected chi connectivity index (χ0v) is 13.4. The molecule has 1 aromatic rings. The van der Waals surface area contributed by atoms with Gasteiger partial charge < -0.3 is 15.0 Å². The monoisotopic (exact) mass is 341 g/mol. The average Bonchev–Trinajstić information content (AvgIpc) is 2.73. The van der Waals surface area contributed by atoms with Crippen LogP contribution in [-0.4, -0.2) is 54.9 Å². The SMILES string of the molecule is COc1ccc(F)c(CNC(=O)C[C@@H]2C(=O)N(C)C(=O)N2C)c1F. The summed E-state index contributed by atoms with van der Waals surface area (Å²) in [5.74, 6) is -2.97. The molecule has 0 spiro atoms. The molecule has 2 rings (SSSR count). The van der Waals surface area contributed by atoms with E-state index in [1.807, 2.05) is 0 Å². The van der Waals surface area contributed by atoms with E-state index in [1.165, 1.54) is 21.2 Å². The van der Waals surface area contributed by atoms with Crippen LogP contribution >= 0.6 is 0 Å². The second-order valence-electron chi connectivity index (χ2n) is 5.33. The largest absolute Gasteiger partial charge is 0.494 e. The number of rotatable bonds is 5. The quantitative estimate of drug-likeness (QED) is 0.806. The zero-order chi connectivity index (χ0) is 18.0. The smallest absolute Gasteiger partial charge is 0.326 e. The lowest BCUT2D eigenvalue weighted by atomic mass is 10.1. The third kappa shape index (κ3) is 3.15. The van der Waals surface area contributed by atoms with Crippen LogP contribution in [0.25, 0.3) is 0 Å². The summed E-state index contributed by atoms with van der Waals surface area (Å²) in [7, 11) is 3.97. The second-order valence-corrected chi connectivity index (χ2v) is 5.33. The molecule has 1 heterocycles. The summed E-state index contributed by atoms with van der Waals surface area (Å²) >= 11 is 0. The van der Waals surface area contributed by atoms with Crippen LogP contribution in [0.15, 0.2) is 12.1 Å². The number of urea groups is 1. The fourth-order valence-electron chi connectivity index (χ4n) is 2.41. The van der Waals surface area contributed by atoms with Gasteiger partial charge in [0.15, 0.2) is 11.6 Å². The number of halogens is 2. The van der Waals surface area contributed by atoms with Crippen molar-refractivity contribution < 1.29 is 27.9 Å². The van der Waals surface area contributed by atoms with E-state index < -0.39 is 42.1 Å². The van der Waals surface area contributed by atoms with E-state index in [1.54, 1.807) is 0 Å². The van der Waals surface area contributed by atoms with Gasteiger partial charge in [-0.3, -0.25) is 14.5 Å². The van der Waals surface area contributed by atoms with Gasteiger partial charge in [-0.15, -0.1) is 0 Å². The van der Waals surface area contributed by atoms with Crippen LogP contribution in [0, 0.1) is 11.6 Å². The van der Waals surface area contributed by atoms with Crippen molar-refractivity contribution in [2.75, 3.05) is 21.2 Å². The predicted molar refractivity (Wildman–Crippen MR) is 79.1 cm³/mol. The van der Waals surface area contributed by atoms with Gasteiger partial charge in [0, 0.05) is 26.2 Å². The summed E-state index contributed by atoms with van der Waals surface area (Å²) in [6.07, 6.45) is -0.293. The molecule has 1 aliphatic rings. The number of hydrogen-bond acceptors (Lipinski definition) is 4. The number of carbonyl (C=O) groups is 3. The Hall–Kier alpha value is -2.71. The first-order chi connectivity index (χ1) is 11.3. The first-order valence-corrected chi connectivity index (χ1v) is 7.09. The molecule has 0 saturated carbocycles. The number of likely N-dealkylation sites (N-methyl/N-ethyl adjacent to an activating group) is 2. The van der Waals surface area contributed by atoms with Crippen LogP contribution < -0.4 is 10.1 Å². The number of hydrogen-bond donors (Lipinski definition) is 1. The maximum atomic E-state index is 14.0. The Bertz CT molecular complexity index is 696. The normalized spacial score (nSPS) is 17.5. The summed E-state index contributed by atoms with van der Waals surface area (Å²) in [5, 5.41) is 2.35. The molecule has 1 aromatic carbocycles. The topological polar surface area (TPSA) is 79.0 Å². The Morgan fingerprint density at radius 2 is 1.96 bits per heavy atom. The lowest BCUT2D eigenvalue weighted by Gasteiger charge is -2.16. The van der Waals surface area contributed by atoms with E-state index in [0.29, 0.717) is 0 Å². The molecule has 0 aromatic heterocycles. The molecule has 4 amide bonds. The summed E-state index contributed by atoms with van der Waals surface area (Å²) < 4.78 is 32.4. The van der Waals surface area contributed by atoms with E-state index in [9.17, 15) is 23.2 Å². The minimum Gasteiger partial charge on any atom is -0.494 e. The number of amides is 4. The summed E-state index contributed by atoms with van der Waals surface area (Å²) in [4.78, 5) is 37.5. The van der Waals surface area contributed by atoms with Crippen molar-refractivity contribution in [3.63, 3.8) is 0 Å². The molecule has 1 atom stereocenters. The highest BCUT2D eigenvalue weighted by Crippen LogP contribution is 2.23. The molecule has 7 nitrogen and oxygen atoms in total. The van der Waals surface area contributed by atoms with Crippen molar-refractivity contribution in [3.8, 4) is 5.75 Å². The van der Waals surface area contributed by atoms with Crippen LogP contribution in [0.3, 0.4) is 0 Å². The molecule has 1 aliphatic heterocycles. The standard InChI is InChI=1S/C15H17F2N3O4/c1-19-10(14(22)20(2)15(19)23)6-12(21)18-7-8-9(16)4-5-11(24-3)13(8)17/h4-5,10H,6-7H2,1-3H3,(H,18,21)/t10-/m1/s1. The fraction of sp³-hybridized carbons (Fsp3) is 0.400. The van der Waals surface area contributed by atoms with Crippen molar-refractivity contribution >= 4 is 17.8 Å². The Balaban J connectivity index is 2.02. The number of methoxy groups -OCH3 is 1. The molecule has 9 heteroatoms. The van der Waals surface area contributed by atoms with Crippen LogP contribution in [0.4, 0.5) is 13.6 Å². The van der Waals surface area contributed by atoms with Gasteiger partial charge in [-0.2, -0.15) is 0 Å². The molecular weight excluding hydrogens is 324 g/mol. The molecule has 130 valence electrons. The number of nitrogens with one attached hydrogen (secondary N) is 1. The molecule has 1 saturated heterocycles. The van der Waals surface area contributed by atoms with E-state index in [0.717, 1.165) is 21.9 Å². The molecule has 1 fully saturated rings. The molecule has 0 aliphatic carbocycles. The highest BCUT2D eigenvalue weighted by molar-refractivity contribution is 6.05. The highest BCUT2D eigenvalue weighted by atomic mass is 19.1. The number of nitrogens with zero attached hydrogens (tertiary/aromatic N) is 2. The van der Waals surface area contributed by atoms with E-state index in [2.05, 4.69) is 5.32 Å². The summed E-state index contributed by atoms with van der Waals surface area (Å²) in [6, 6.07) is 0.736. The molecule has 1 N–H and O–H groups in total. The first-order valence-electron chi connectivity index (χ1n) is 7.09. The van der Waals surface area contributed by atoms with Gasteiger partial charge in [-0.25, -0.2) is 13.6 Å². The third-order valence-electron chi connectivity index (χ3n) is 3.88. The van der Waals surface area contributed by atoms with Gasteiger partial charge in [-0.1, -0.05) is 0 Å². The molecular formula is C15H17F2N3O4. The lowest BCUT2D eigenvalue weighted by Crippen LogP contribution is -2.37. The van der Waals surface area contributed by atoms with E-state index in [-0.39, 0.29) is 17.7 Å². The minimum atomic E-state index is -0.928. The Morgan fingerprint density at radius 1 is 1.29 bits per heavy atom. The lowest BCUT2D eigenvalue weighted by molar-refractivity contribution is -0.131. The van der Waals surface area contributed by atoms with Crippen LogP contribution in [-0.2, 0) is 16.1 Å². The Morgan fingerprint density at radius 3 is 2.50 bits per heavy atom. The van der Waals surface area contributed by atoms with E-state index in [4.69, 9.17) is 4.74 Å². The first kappa shape index (κ1) is 17.6. The summed E-state index contributed by atoms with van der Waals surface area (Å²) in [5.41, 5.74) is -0.345. The maximum absolute atomic E-state index is 14.0. The Kier molecular flexibility index (Phi) is 5.01. The molecule has 24 heavy (non-hydrogen) atoms. The molecule has 0 radical (unpaired) electrons.